The smallest absolute Gasteiger partial charge is 0.257 e. The van der Waals surface area contributed by atoms with Crippen molar-refractivity contribution in [2.24, 2.45) is 0 Å². The third kappa shape index (κ3) is 3.62. The van der Waals surface area contributed by atoms with Crippen LogP contribution in [-0.2, 0) is 11.2 Å². The van der Waals surface area contributed by atoms with E-state index in [0.717, 1.165) is 17.7 Å². The summed E-state index contributed by atoms with van der Waals surface area (Å²) < 4.78 is 5.43. The van der Waals surface area contributed by atoms with E-state index in [9.17, 15) is 4.79 Å². The lowest BCUT2D eigenvalue weighted by atomic mass is 10.1. The number of likely N-dealkylation sites (N-methyl/N-ethyl adjacent to an activating group) is 1. The van der Waals surface area contributed by atoms with Gasteiger partial charge in [-0.1, -0.05) is 25.1 Å². The molecule has 0 aliphatic heterocycles. The van der Waals surface area contributed by atoms with Crippen LogP contribution in [0.25, 0.3) is 0 Å². The largest absolute Gasteiger partial charge is 0.483 e. The molecule has 1 aromatic carbocycles. The minimum Gasteiger partial charge on any atom is -0.483 e. The molecular formula is C12H17NO2. The molecule has 0 unspecified atom stereocenters. The average Bonchev–Trinajstić information content (AvgIpc) is 2.27. The van der Waals surface area contributed by atoms with Gasteiger partial charge in [0, 0.05) is 6.54 Å². The van der Waals surface area contributed by atoms with E-state index < -0.39 is 0 Å². The normalized spacial score (nSPS) is 9.73. The molecule has 0 radical (unpaired) electrons. The maximum Gasteiger partial charge on any atom is 0.257 e. The summed E-state index contributed by atoms with van der Waals surface area (Å²) in [5, 5.41) is 2.69. The van der Waals surface area contributed by atoms with Crippen LogP contribution in [0.15, 0.2) is 24.3 Å². The molecule has 1 N–H and O–H groups in total. The molecule has 3 nitrogen and oxygen atoms in total. The average molecular weight is 207 g/mol. The lowest BCUT2D eigenvalue weighted by Crippen LogP contribution is -2.28. The Morgan fingerprint density at radius 3 is 2.73 bits per heavy atom. The van der Waals surface area contributed by atoms with Gasteiger partial charge in [-0.05, 0) is 25.0 Å². The number of benzene rings is 1. The van der Waals surface area contributed by atoms with Crippen LogP contribution in [0, 0.1) is 0 Å². The number of hydrogen-bond donors (Lipinski definition) is 1. The lowest BCUT2D eigenvalue weighted by molar-refractivity contribution is -0.122. The Morgan fingerprint density at radius 1 is 1.33 bits per heavy atom. The molecule has 15 heavy (non-hydrogen) atoms. The van der Waals surface area contributed by atoms with Crippen LogP contribution in [0.4, 0.5) is 0 Å². The van der Waals surface area contributed by atoms with Gasteiger partial charge in [-0.15, -0.1) is 0 Å². The van der Waals surface area contributed by atoms with Crippen molar-refractivity contribution >= 4 is 5.91 Å². The summed E-state index contributed by atoms with van der Waals surface area (Å²) in [6.45, 7) is 4.68. The van der Waals surface area contributed by atoms with Crippen LogP contribution in [0.2, 0.25) is 0 Å². The van der Waals surface area contributed by atoms with E-state index in [0.29, 0.717) is 6.54 Å². The Hall–Kier alpha value is -1.51. The van der Waals surface area contributed by atoms with E-state index in [4.69, 9.17) is 4.74 Å². The number of rotatable bonds is 5. The molecule has 0 atom stereocenters. The van der Waals surface area contributed by atoms with Crippen molar-refractivity contribution in [3.63, 3.8) is 0 Å². The highest BCUT2D eigenvalue weighted by molar-refractivity contribution is 5.77. The highest BCUT2D eigenvalue weighted by atomic mass is 16.5. The second-order valence-corrected chi connectivity index (χ2v) is 3.20. The van der Waals surface area contributed by atoms with Gasteiger partial charge in [0.2, 0.25) is 0 Å². The van der Waals surface area contributed by atoms with Gasteiger partial charge in [-0.25, -0.2) is 0 Å². The Labute approximate surface area is 90.4 Å². The molecule has 0 aliphatic carbocycles. The van der Waals surface area contributed by atoms with Crippen molar-refractivity contribution in [1.29, 1.82) is 0 Å². The first kappa shape index (κ1) is 11.6. The van der Waals surface area contributed by atoms with Crippen molar-refractivity contribution in [3.05, 3.63) is 29.8 Å². The predicted octanol–water partition coefficient (Wildman–Crippen LogP) is 1.76. The molecule has 1 rings (SSSR count). The fraction of sp³-hybridized carbons (Fsp3) is 0.417. The maximum absolute atomic E-state index is 11.2. The van der Waals surface area contributed by atoms with Crippen LogP contribution in [0.5, 0.6) is 5.75 Å². The summed E-state index contributed by atoms with van der Waals surface area (Å²) in [6.07, 6.45) is 0.908. The first-order valence-electron chi connectivity index (χ1n) is 5.25. The minimum atomic E-state index is -0.0802. The lowest BCUT2D eigenvalue weighted by Gasteiger charge is -2.09. The predicted molar refractivity (Wildman–Crippen MR) is 60.0 cm³/mol. The number of nitrogens with one attached hydrogen (secondary N) is 1. The monoisotopic (exact) mass is 207 g/mol. The molecule has 1 aromatic rings. The Balaban J connectivity index is 2.53. The molecule has 0 heterocycles. The zero-order valence-electron chi connectivity index (χ0n) is 9.25. The van der Waals surface area contributed by atoms with E-state index in [1.807, 2.05) is 31.2 Å². The van der Waals surface area contributed by atoms with Gasteiger partial charge in [0.1, 0.15) is 5.75 Å². The SMILES string of the molecule is CCNC(=O)COc1ccccc1CC. The number of aryl methyl sites for hydroxylation is 1. The van der Waals surface area contributed by atoms with Crippen molar-refractivity contribution in [2.45, 2.75) is 20.3 Å². The maximum atomic E-state index is 11.2. The van der Waals surface area contributed by atoms with Gasteiger partial charge in [0.05, 0.1) is 0 Å². The van der Waals surface area contributed by atoms with Gasteiger partial charge < -0.3 is 10.1 Å². The molecule has 0 bridgehead atoms. The Morgan fingerprint density at radius 2 is 2.07 bits per heavy atom. The van der Waals surface area contributed by atoms with Crippen LogP contribution in [0.1, 0.15) is 19.4 Å². The van der Waals surface area contributed by atoms with Crippen LogP contribution in [-0.4, -0.2) is 19.1 Å². The number of hydrogen-bond acceptors (Lipinski definition) is 2. The van der Waals surface area contributed by atoms with Crippen molar-refractivity contribution in [1.82, 2.24) is 5.32 Å². The molecule has 0 fully saturated rings. The third-order valence-corrected chi connectivity index (χ3v) is 2.09. The van der Waals surface area contributed by atoms with E-state index in [-0.39, 0.29) is 12.5 Å². The molecule has 82 valence electrons. The fourth-order valence-electron chi connectivity index (χ4n) is 1.33. The summed E-state index contributed by atoms with van der Waals surface area (Å²) in [7, 11) is 0. The zero-order valence-corrected chi connectivity index (χ0v) is 9.25. The van der Waals surface area contributed by atoms with Crippen LogP contribution in [0.3, 0.4) is 0 Å². The number of amides is 1. The van der Waals surface area contributed by atoms with E-state index in [2.05, 4.69) is 12.2 Å². The third-order valence-electron chi connectivity index (χ3n) is 2.09. The molecule has 0 saturated carbocycles. The van der Waals surface area contributed by atoms with E-state index in [1.165, 1.54) is 0 Å². The summed E-state index contributed by atoms with van der Waals surface area (Å²) in [4.78, 5) is 11.2. The molecule has 0 aromatic heterocycles. The summed E-state index contributed by atoms with van der Waals surface area (Å²) >= 11 is 0. The second kappa shape index (κ2) is 6.06. The van der Waals surface area contributed by atoms with E-state index in [1.54, 1.807) is 0 Å². The Bertz CT molecular complexity index is 323. The van der Waals surface area contributed by atoms with Gasteiger partial charge in [0.25, 0.3) is 5.91 Å². The summed E-state index contributed by atoms with van der Waals surface area (Å²) in [5.41, 5.74) is 1.13. The number of carbonyl (C=O) groups excluding carboxylic acids is 1. The second-order valence-electron chi connectivity index (χ2n) is 3.20. The summed E-state index contributed by atoms with van der Waals surface area (Å²) in [6, 6.07) is 7.77. The molecule has 0 saturated heterocycles. The van der Waals surface area contributed by atoms with Crippen molar-refractivity contribution < 1.29 is 9.53 Å². The molecular weight excluding hydrogens is 190 g/mol. The standard InChI is InChI=1S/C12H17NO2/c1-3-10-7-5-6-8-11(10)15-9-12(14)13-4-2/h5-8H,3-4,9H2,1-2H3,(H,13,14). The number of ether oxygens (including phenoxy) is 1. The first-order valence-corrected chi connectivity index (χ1v) is 5.25. The van der Waals surface area contributed by atoms with Gasteiger partial charge in [-0.2, -0.15) is 0 Å². The number of para-hydroxylation sites is 1. The van der Waals surface area contributed by atoms with Gasteiger partial charge in [0.15, 0.2) is 6.61 Å². The van der Waals surface area contributed by atoms with Gasteiger partial charge in [-0.3, -0.25) is 4.79 Å². The molecule has 3 heteroatoms. The van der Waals surface area contributed by atoms with Crippen molar-refractivity contribution in [3.8, 4) is 5.75 Å². The van der Waals surface area contributed by atoms with Crippen LogP contribution >= 0.6 is 0 Å². The van der Waals surface area contributed by atoms with Crippen molar-refractivity contribution in [2.75, 3.05) is 13.2 Å². The first-order chi connectivity index (χ1) is 7.27. The molecule has 0 aliphatic rings. The molecule has 0 spiro atoms. The van der Waals surface area contributed by atoms with Crippen LogP contribution < -0.4 is 10.1 Å². The zero-order chi connectivity index (χ0) is 11.1. The van der Waals surface area contributed by atoms with E-state index >= 15 is 0 Å². The highest BCUT2D eigenvalue weighted by Crippen LogP contribution is 2.17. The minimum absolute atomic E-state index is 0.0802. The molecule has 1 amide bonds. The fourth-order valence-corrected chi connectivity index (χ4v) is 1.33. The Kier molecular flexibility index (Phi) is 4.68. The van der Waals surface area contributed by atoms with Gasteiger partial charge >= 0.3 is 0 Å². The quantitative estimate of drug-likeness (QED) is 0.799. The topological polar surface area (TPSA) is 38.3 Å². The summed E-state index contributed by atoms with van der Waals surface area (Å²) in [5.74, 6) is 0.717. The highest BCUT2D eigenvalue weighted by Gasteiger charge is 2.03. The number of carbonyl (C=O) groups is 1.